The molecule has 2 unspecified atom stereocenters. The van der Waals surface area contributed by atoms with Crippen molar-refractivity contribution in [3.8, 4) is 17.2 Å². The van der Waals surface area contributed by atoms with Crippen LogP contribution in [-0.2, 0) is 0 Å². The van der Waals surface area contributed by atoms with Crippen molar-refractivity contribution in [2.75, 3.05) is 13.2 Å². The van der Waals surface area contributed by atoms with E-state index in [2.05, 4.69) is 0 Å². The highest BCUT2D eigenvalue weighted by Gasteiger charge is 2.09. The number of carbonyl (C=O) groups is 1. The van der Waals surface area contributed by atoms with Crippen LogP contribution in [-0.4, -0.2) is 34.3 Å². The van der Waals surface area contributed by atoms with Crippen molar-refractivity contribution in [2.45, 2.75) is 39.9 Å². The Labute approximate surface area is 302 Å². The van der Waals surface area contributed by atoms with E-state index in [-0.39, 0.29) is 25.1 Å². The fourth-order valence-corrected chi connectivity index (χ4v) is 4.52. The van der Waals surface area contributed by atoms with E-state index >= 15 is 0 Å². The first-order chi connectivity index (χ1) is 24.7. The number of aliphatic hydroxyl groups is 2. The van der Waals surface area contributed by atoms with Gasteiger partial charge in [-0.2, -0.15) is 0 Å². The largest absolute Gasteiger partial charge is 0.508 e. The zero-order valence-electron chi connectivity index (χ0n) is 29.7. The number of benzene rings is 6. The molecule has 0 saturated heterocycles. The first-order valence-electron chi connectivity index (χ1n) is 16.8. The maximum Gasteiger partial charge on any atom is 0.200 e. The quantitative estimate of drug-likeness (QED) is 0.131. The third-order valence-corrected chi connectivity index (χ3v) is 7.62. The Morgan fingerprint density at radius 1 is 0.529 bits per heavy atom. The maximum absolute atomic E-state index is 11.8. The molecule has 0 fully saturated rings. The Hall–Kier alpha value is -5.69. The van der Waals surface area contributed by atoms with Crippen LogP contribution in [0.15, 0.2) is 164 Å². The number of phenolic OH excluding ortho intramolecular Hbond substituents is 1. The van der Waals surface area contributed by atoms with Gasteiger partial charge >= 0.3 is 0 Å². The number of ether oxygens (including phenoxy) is 2. The molecular formula is C45H48O6. The van der Waals surface area contributed by atoms with Gasteiger partial charge in [0, 0.05) is 5.56 Å². The summed E-state index contributed by atoms with van der Waals surface area (Å²) in [6.07, 6.45) is -0.929. The molecule has 0 aliphatic rings. The van der Waals surface area contributed by atoms with Gasteiger partial charge in [-0.1, -0.05) is 146 Å². The normalized spacial score (nSPS) is 11.1. The van der Waals surface area contributed by atoms with E-state index in [0.29, 0.717) is 11.3 Å². The number of aryl methyl sites for hydroxylation is 3. The summed E-state index contributed by atoms with van der Waals surface area (Å²) < 4.78 is 11.1. The number of phenols is 1. The molecule has 0 aromatic heterocycles. The molecule has 0 bridgehead atoms. The summed E-state index contributed by atoms with van der Waals surface area (Å²) >= 11 is 0. The molecular weight excluding hydrogens is 636 g/mol. The Kier molecular flexibility index (Phi) is 17.2. The van der Waals surface area contributed by atoms with Gasteiger partial charge in [-0.05, 0) is 73.7 Å². The second-order valence-corrected chi connectivity index (χ2v) is 11.7. The fraction of sp³-hybridized carbons (Fsp3) is 0.178. The number of Topliss-reactive ketones (excluding diaryl/α,β-unsaturated/α-hetero) is 1. The minimum Gasteiger partial charge on any atom is -0.508 e. The second kappa shape index (κ2) is 22.1. The Bertz CT molecular complexity index is 1820. The standard InChI is InChI=1S/C15H16O2.C15H14O2.C8H10O.C7H8O/c2*1-12-7-5-6-10-15(12)17-11-14(16)13-8-3-2-4-9-13;1-7(9)8-5-3-2-4-6-8;1-6-4-2-3-5-7(6)8/h2-10,14,16H,11H2,1H3;2-10H,11H2,1H3;2-7,9H,1H3;2-5,8H,1H3. The minimum atomic E-state index is -0.587. The van der Waals surface area contributed by atoms with Gasteiger partial charge in [-0.3, -0.25) is 4.79 Å². The van der Waals surface area contributed by atoms with Crippen LogP contribution >= 0.6 is 0 Å². The topological polar surface area (TPSA) is 96.2 Å². The summed E-state index contributed by atoms with van der Waals surface area (Å²) in [6, 6.07) is 51.0. The van der Waals surface area contributed by atoms with Gasteiger partial charge in [0.2, 0.25) is 0 Å². The molecule has 0 heterocycles. The van der Waals surface area contributed by atoms with Crippen molar-refractivity contribution in [1.82, 2.24) is 0 Å². The highest BCUT2D eigenvalue weighted by atomic mass is 16.5. The lowest BCUT2D eigenvalue weighted by molar-refractivity contribution is 0.0921. The lowest BCUT2D eigenvalue weighted by Gasteiger charge is -2.13. The van der Waals surface area contributed by atoms with Crippen LogP contribution in [0, 0.1) is 20.8 Å². The van der Waals surface area contributed by atoms with Crippen LogP contribution in [0.25, 0.3) is 0 Å². The van der Waals surface area contributed by atoms with E-state index in [4.69, 9.17) is 19.7 Å². The van der Waals surface area contributed by atoms with Crippen molar-refractivity contribution in [2.24, 2.45) is 0 Å². The Morgan fingerprint density at radius 2 is 0.941 bits per heavy atom. The van der Waals surface area contributed by atoms with Crippen LogP contribution < -0.4 is 9.47 Å². The molecule has 6 heteroatoms. The first-order valence-corrected chi connectivity index (χ1v) is 16.8. The van der Waals surface area contributed by atoms with E-state index in [0.717, 1.165) is 39.3 Å². The van der Waals surface area contributed by atoms with Crippen molar-refractivity contribution in [1.29, 1.82) is 0 Å². The second-order valence-electron chi connectivity index (χ2n) is 11.7. The molecule has 0 radical (unpaired) electrons. The summed E-state index contributed by atoms with van der Waals surface area (Å²) in [6.45, 7) is 7.93. The van der Waals surface area contributed by atoms with E-state index in [1.165, 1.54) is 0 Å². The third kappa shape index (κ3) is 14.8. The van der Waals surface area contributed by atoms with Gasteiger partial charge in [0.1, 0.15) is 30.0 Å². The molecule has 0 amide bonds. The smallest absolute Gasteiger partial charge is 0.200 e. The average Bonchev–Trinajstić information content (AvgIpc) is 3.17. The highest BCUT2D eigenvalue weighted by molar-refractivity contribution is 5.97. The van der Waals surface area contributed by atoms with Gasteiger partial charge < -0.3 is 24.8 Å². The average molecular weight is 685 g/mol. The summed E-state index contributed by atoms with van der Waals surface area (Å²) in [5, 5.41) is 27.9. The molecule has 3 N–H and O–H groups in total. The Morgan fingerprint density at radius 3 is 1.37 bits per heavy atom. The van der Waals surface area contributed by atoms with Crippen molar-refractivity contribution >= 4 is 5.78 Å². The number of aromatic hydroxyl groups is 1. The molecule has 0 aliphatic carbocycles. The highest BCUT2D eigenvalue weighted by Crippen LogP contribution is 2.20. The molecule has 2 atom stereocenters. The number of hydrogen-bond donors (Lipinski definition) is 3. The molecule has 0 saturated carbocycles. The van der Waals surface area contributed by atoms with Crippen LogP contribution in [0.5, 0.6) is 17.2 Å². The van der Waals surface area contributed by atoms with Crippen molar-refractivity contribution in [3.05, 3.63) is 197 Å². The summed E-state index contributed by atoms with van der Waals surface area (Å²) in [5.74, 6) is 1.95. The minimum absolute atomic E-state index is 0.00569. The van der Waals surface area contributed by atoms with Crippen molar-refractivity contribution in [3.63, 3.8) is 0 Å². The summed E-state index contributed by atoms with van der Waals surface area (Å²) in [5.41, 5.74) is 5.56. The number of aliphatic hydroxyl groups excluding tert-OH is 2. The monoisotopic (exact) mass is 684 g/mol. The number of para-hydroxylation sites is 3. The molecule has 6 aromatic carbocycles. The maximum atomic E-state index is 11.8. The van der Waals surface area contributed by atoms with Crippen LogP contribution in [0.3, 0.4) is 0 Å². The fourth-order valence-electron chi connectivity index (χ4n) is 4.52. The van der Waals surface area contributed by atoms with Crippen LogP contribution in [0.2, 0.25) is 0 Å². The van der Waals surface area contributed by atoms with Gasteiger partial charge in [0.25, 0.3) is 0 Å². The summed E-state index contributed by atoms with van der Waals surface area (Å²) in [4.78, 5) is 11.8. The van der Waals surface area contributed by atoms with Gasteiger partial charge in [0.15, 0.2) is 12.4 Å². The number of carbonyl (C=O) groups excluding carboxylic acids is 1. The van der Waals surface area contributed by atoms with Gasteiger partial charge in [-0.25, -0.2) is 0 Å². The molecule has 0 aliphatic heterocycles. The molecule has 6 aromatic rings. The Balaban J connectivity index is 0.000000193. The molecule has 6 nitrogen and oxygen atoms in total. The van der Waals surface area contributed by atoms with Gasteiger partial charge in [-0.15, -0.1) is 0 Å². The number of hydrogen-bond acceptors (Lipinski definition) is 6. The lowest BCUT2D eigenvalue weighted by atomic mass is 10.1. The molecule has 0 spiro atoms. The molecule has 51 heavy (non-hydrogen) atoms. The van der Waals surface area contributed by atoms with Crippen LogP contribution in [0.1, 0.15) is 57.3 Å². The third-order valence-electron chi connectivity index (χ3n) is 7.62. The summed E-state index contributed by atoms with van der Waals surface area (Å²) in [7, 11) is 0. The zero-order valence-corrected chi connectivity index (χ0v) is 29.7. The number of ketones is 1. The SMILES string of the molecule is CC(O)c1ccccc1.Cc1ccccc1O.Cc1ccccc1OCC(=O)c1ccccc1.Cc1ccccc1OCC(O)c1ccccc1. The van der Waals surface area contributed by atoms with Gasteiger partial charge in [0.05, 0.1) is 6.10 Å². The predicted octanol–water partition coefficient (Wildman–Crippen LogP) is 9.80. The van der Waals surface area contributed by atoms with Crippen LogP contribution in [0.4, 0.5) is 0 Å². The molecule has 264 valence electrons. The number of rotatable bonds is 9. The molecule has 6 rings (SSSR count). The zero-order chi connectivity index (χ0) is 36.8. The van der Waals surface area contributed by atoms with E-state index in [1.54, 1.807) is 25.1 Å². The lowest BCUT2D eigenvalue weighted by Crippen LogP contribution is -2.11. The van der Waals surface area contributed by atoms with E-state index in [9.17, 15) is 9.90 Å². The predicted molar refractivity (Wildman–Crippen MR) is 205 cm³/mol. The van der Waals surface area contributed by atoms with E-state index < -0.39 is 6.10 Å². The van der Waals surface area contributed by atoms with E-state index in [1.807, 2.05) is 166 Å². The van der Waals surface area contributed by atoms with Crippen molar-refractivity contribution < 1.29 is 29.6 Å². The first kappa shape index (κ1) is 39.7.